The van der Waals surface area contributed by atoms with Gasteiger partial charge in [0.05, 0.1) is 12.2 Å². The number of hydrogen-bond donors (Lipinski definition) is 12. The van der Waals surface area contributed by atoms with Crippen LogP contribution >= 0.6 is 0 Å². The maximum Gasteiger partial charge on any atom is 0.322 e. The highest BCUT2D eigenvalue weighted by Crippen LogP contribution is 2.29. The number of nitrogens with zero attached hydrogens (tertiary/aromatic N) is 3. The predicted octanol–water partition coefficient (Wildman–Crippen LogP) is -3.79. The molecule has 12 atom stereocenters. The SMILES string of the molecule is CC(C)C[C@H](NC(=O)[C@@H](NC(=O)[C@H](C)NC(=O)[C@H](Cc1ccc(O)cc1)NC(=O)[C@H](C)NC(=O)[C@@H]1CCCN1C(=O)[C@@H]1CCCN1C(=O)[C@@H]1CCCN1C(=O)[C@H](C)NC(=O)[C@@H](N)[C@@H](C)O)[C@@H](C)O)C(=O)NCC(=O)O. The zero-order valence-corrected chi connectivity index (χ0v) is 43.5. The Morgan fingerprint density at radius 2 is 1.07 bits per heavy atom. The van der Waals surface area contributed by atoms with E-state index < -0.39 is 144 Å². The Hall–Kier alpha value is -6.93. The number of amides is 10. The van der Waals surface area contributed by atoms with Gasteiger partial charge in [-0.2, -0.15) is 0 Å². The molecule has 3 aliphatic rings. The number of aliphatic carboxylic acids is 1. The number of aliphatic hydroxyl groups excluding tert-OH is 2. The summed E-state index contributed by atoms with van der Waals surface area (Å²) < 4.78 is 0. The van der Waals surface area contributed by atoms with Crippen LogP contribution in [0.5, 0.6) is 5.75 Å². The molecule has 0 spiro atoms. The Labute approximate surface area is 435 Å². The predicted molar refractivity (Wildman–Crippen MR) is 266 cm³/mol. The summed E-state index contributed by atoms with van der Waals surface area (Å²) in [4.78, 5) is 151. The molecule has 26 heteroatoms. The molecule has 3 aliphatic heterocycles. The molecule has 3 fully saturated rings. The van der Waals surface area contributed by atoms with Crippen LogP contribution in [0.1, 0.15) is 99.0 Å². The third-order valence-corrected chi connectivity index (χ3v) is 13.4. The van der Waals surface area contributed by atoms with E-state index in [-0.39, 0.29) is 50.6 Å². The molecule has 0 aromatic heterocycles. The van der Waals surface area contributed by atoms with E-state index >= 15 is 0 Å². The number of phenols is 1. The maximum absolute atomic E-state index is 14.3. The smallest absolute Gasteiger partial charge is 0.322 e. The maximum atomic E-state index is 14.3. The van der Waals surface area contributed by atoms with Crippen LogP contribution in [0, 0.1) is 5.92 Å². The summed E-state index contributed by atoms with van der Waals surface area (Å²) in [5.74, 6) is -8.80. The molecule has 0 saturated carbocycles. The Bertz CT molecular complexity index is 2260. The summed E-state index contributed by atoms with van der Waals surface area (Å²) in [6.07, 6.45) is -0.477. The molecular weight excluding hydrogens is 983 g/mol. The average Bonchev–Trinajstić information content (AvgIpc) is 4.16. The van der Waals surface area contributed by atoms with Gasteiger partial charge in [-0.05, 0) is 103 Å². The molecule has 3 heterocycles. The number of phenolic OH excluding ortho intramolecular Hbond substituents is 1. The molecule has 0 bridgehead atoms. The number of aromatic hydroxyl groups is 1. The van der Waals surface area contributed by atoms with Gasteiger partial charge in [-0.15, -0.1) is 0 Å². The lowest BCUT2D eigenvalue weighted by Crippen LogP contribution is -2.61. The Kier molecular flexibility index (Phi) is 22.3. The van der Waals surface area contributed by atoms with Crippen molar-refractivity contribution in [2.24, 2.45) is 11.7 Å². The van der Waals surface area contributed by atoms with Crippen molar-refractivity contribution in [3.05, 3.63) is 29.8 Å². The summed E-state index contributed by atoms with van der Waals surface area (Å²) in [6, 6.07) is -6.41. The Morgan fingerprint density at radius 1 is 0.573 bits per heavy atom. The highest BCUT2D eigenvalue weighted by atomic mass is 16.4. The van der Waals surface area contributed by atoms with Crippen molar-refractivity contribution in [3.8, 4) is 5.75 Å². The van der Waals surface area contributed by atoms with Crippen molar-refractivity contribution in [1.29, 1.82) is 0 Å². The van der Waals surface area contributed by atoms with Crippen LogP contribution in [-0.2, 0) is 59.2 Å². The monoisotopic (exact) mass is 1060 g/mol. The second-order valence-electron chi connectivity index (χ2n) is 20.0. The van der Waals surface area contributed by atoms with Crippen molar-refractivity contribution in [2.45, 2.75) is 172 Å². The van der Waals surface area contributed by atoms with Crippen LogP contribution in [0.15, 0.2) is 24.3 Å². The van der Waals surface area contributed by atoms with Gasteiger partial charge in [0.25, 0.3) is 0 Å². The first-order valence-corrected chi connectivity index (χ1v) is 25.3. The van der Waals surface area contributed by atoms with Gasteiger partial charge in [-0.1, -0.05) is 26.0 Å². The molecule has 1 aromatic rings. The molecule has 0 unspecified atom stereocenters. The molecule has 416 valence electrons. The molecule has 75 heavy (non-hydrogen) atoms. The third kappa shape index (κ3) is 16.8. The van der Waals surface area contributed by atoms with E-state index in [1.54, 1.807) is 13.8 Å². The van der Waals surface area contributed by atoms with E-state index in [0.29, 0.717) is 37.7 Å². The van der Waals surface area contributed by atoms with E-state index in [0.717, 1.165) is 0 Å². The van der Waals surface area contributed by atoms with Crippen molar-refractivity contribution in [3.63, 3.8) is 0 Å². The number of carbonyl (C=O) groups excluding carboxylic acids is 10. The van der Waals surface area contributed by atoms with Gasteiger partial charge < -0.3 is 78.1 Å². The van der Waals surface area contributed by atoms with E-state index in [1.807, 2.05) is 0 Å². The van der Waals surface area contributed by atoms with Gasteiger partial charge >= 0.3 is 5.97 Å². The molecule has 1 aromatic carbocycles. The molecule has 10 amide bonds. The fourth-order valence-electron chi connectivity index (χ4n) is 9.16. The summed E-state index contributed by atoms with van der Waals surface area (Å²) in [5.41, 5.74) is 6.20. The summed E-state index contributed by atoms with van der Waals surface area (Å²) in [6.45, 7) is 10.1. The number of aliphatic hydroxyl groups is 2. The van der Waals surface area contributed by atoms with E-state index in [4.69, 9.17) is 10.8 Å². The van der Waals surface area contributed by atoms with Crippen molar-refractivity contribution in [1.82, 2.24) is 51.9 Å². The van der Waals surface area contributed by atoms with Gasteiger partial charge in [-0.3, -0.25) is 52.7 Å². The van der Waals surface area contributed by atoms with Crippen LogP contribution < -0.4 is 43.0 Å². The second kappa shape index (κ2) is 27.6. The van der Waals surface area contributed by atoms with Gasteiger partial charge in [0, 0.05) is 26.1 Å². The second-order valence-corrected chi connectivity index (χ2v) is 20.0. The standard InChI is InChI=1S/C49H75N11O15/c1-24(2)21-32(42(68)51-23-37(64)65)56-46(72)39(29(7)62)57-41(67)26(4)52-43(69)33(22-30-14-16-31(63)17-15-30)55-40(66)25(3)53-44(70)34-11-8-18-58(34)48(74)36-13-10-20-60(36)49(75)35-12-9-19-59(35)47(73)27(5)54-45(71)38(50)28(6)61/h14-17,24-29,32-36,38-39,61-63H,8-13,18-23,50H2,1-7H3,(H,51,68)(H,52,69)(H,53,70)(H,54,71)(H,55,66)(H,56,72)(H,57,67)(H,64,65)/t25-,26-,27-,28+,29+,32-,33-,34-,35-,36-,38-,39-/m0/s1. The molecule has 3 saturated heterocycles. The highest BCUT2D eigenvalue weighted by Gasteiger charge is 2.46. The third-order valence-electron chi connectivity index (χ3n) is 13.4. The van der Waals surface area contributed by atoms with Crippen LogP contribution in [0.2, 0.25) is 0 Å². The van der Waals surface area contributed by atoms with Gasteiger partial charge in [0.1, 0.15) is 72.7 Å². The molecule has 0 aliphatic carbocycles. The summed E-state index contributed by atoms with van der Waals surface area (Å²) >= 11 is 0. The minimum absolute atomic E-state index is 0.0765. The summed E-state index contributed by atoms with van der Waals surface area (Å²) in [7, 11) is 0. The van der Waals surface area contributed by atoms with Crippen molar-refractivity contribution < 1.29 is 73.2 Å². The van der Waals surface area contributed by atoms with Crippen LogP contribution in [0.25, 0.3) is 0 Å². The van der Waals surface area contributed by atoms with E-state index in [1.165, 1.54) is 73.6 Å². The number of carboxylic acids is 1. The Morgan fingerprint density at radius 3 is 1.61 bits per heavy atom. The average molecular weight is 1060 g/mol. The molecule has 0 radical (unpaired) electrons. The highest BCUT2D eigenvalue weighted by molar-refractivity contribution is 5.99. The number of likely N-dealkylation sites (tertiary alicyclic amines) is 3. The topological polar surface area (TPSA) is 389 Å². The van der Waals surface area contributed by atoms with Crippen LogP contribution in [0.3, 0.4) is 0 Å². The van der Waals surface area contributed by atoms with E-state index in [9.17, 15) is 68.1 Å². The van der Waals surface area contributed by atoms with Gasteiger partial charge in [0.2, 0.25) is 59.1 Å². The first-order chi connectivity index (χ1) is 35.2. The molecular formula is C49H75N11O15. The lowest BCUT2D eigenvalue weighted by Gasteiger charge is -2.34. The minimum atomic E-state index is -1.64. The number of carboxylic acid groups (broad SMARTS) is 1. The largest absolute Gasteiger partial charge is 0.508 e. The quantitative estimate of drug-likeness (QED) is 0.0473. The zero-order valence-electron chi connectivity index (χ0n) is 43.5. The van der Waals surface area contributed by atoms with Gasteiger partial charge in [0.15, 0.2) is 0 Å². The van der Waals surface area contributed by atoms with Crippen LogP contribution in [-0.4, -0.2) is 199 Å². The molecule has 26 nitrogen and oxygen atoms in total. The van der Waals surface area contributed by atoms with E-state index in [2.05, 4.69) is 37.2 Å². The molecule has 13 N–H and O–H groups in total. The van der Waals surface area contributed by atoms with Crippen molar-refractivity contribution >= 4 is 65.0 Å². The number of benzene rings is 1. The molecule has 4 rings (SSSR count). The fourth-order valence-corrected chi connectivity index (χ4v) is 9.16. The lowest BCUT2D eigenvalue weighted by atomic mass is 10.0. The lowest BCUT2D eigenvalue weighted by molar-refractivity contribution is -0.151. The number of nitrogens with one attached hydrogen (secondary N) is 7. The number of hydrogen-bond acceptors (Lipinski definition) is 15. The number of nitrogens with two attached hydrogens (primary N) is 1. The zero-order chi connectivity index (χ0) is 56.0. The normalized spacial score (nSPS) is 21.0. The number of rotatable bonds is 24. The first kappa shape index (κ1) is 60.6. The summed E-state index contributed by atoms with van der Waals surface area (Å²) in [5, 5.41) is 56.2. The van der Waals surface area contributed by atoms with Crippen LogP contribution in [0.4, 0.5) is 0 Å². The van der Waals surface area contributed by atoms with Crippen molar-refractivity contribution in [2.75, 3.05) is 26.2 Å². The fraction of sp³-hybridized carbons (Fsp3) is 0.653. The number of carbonyl (C=O) groups is 11. The van der Waals surface area contributed by atoms with Gasteiger partial charge in [-0.25, -0.2) is 0 Å². The first-order valence-electron chi connectivity index (χ1n) is 25.3. The Balaban J connectivity index is 1.41. The minimum Gasteiger partial charge on any atom is -0.508 e.